The van der Waals surface area contributed by atoms with Crippen LogP contribution < -0.4 is 0 Å². The van der Waals surface area contributed by atoms with E-state index in [0.717, 1.165) is 27.6 Å². The summed E-state index contributed by atoms with van der Waals surface area (Å²) < 4.78 is 34.9. The van der Waals surface area contributed by atoms with E-state index in [-0.39, 0.29) is 10.5 Å². The minimum absolute atomic E-state index is 0.241. The Bertz CT molecular complexity index is 1990. The van der Waals surface area contributed by atoms with Crippen LogP contribution in [0, 0.1) is 0 Å². The van der Waals surface area contributed by atoms with E-state index in [9.17, 15) is 13.0 Å². The molecule has 1 aliphatic rings. The molecule has 1 N–H and O–H groups in total. The molecule has 7 nitrogen and oxygen atoms in total. The summed E-state index contributed by atoms with van der Waals surface area (Å²) in [6.45, 7) is 4.40. The molecule has 0 saturated carbocycles. The quantitative estimate of drug-likeness (QED) is 0.219. The van der Waals surface area contributed by atoms with Gasteiger partial charge in [-0.1, -0.05) is 61.2 Å². The molecule has 0 amide bonds. The van der Waals surface area contributed by atoms with Crippen LogP contribution in [-0.2, 0) is 16.7 Å². The zero-order valence-electron chi connectivity index (χ0n) is 20.7. The molecule has 190 valence electrons. The summed E-state index contributed by atoms with van der Waals surface area (Å²) >= 11 is 0. The number of hydrogen-bond donors (Lipinski definition) is 1. The second-order valence-corrected chi connectivity index (χ2v) is 10.5. The highest BCUT2D eigenvalue weighted by atomic mass is 32.2. The number of benzene rings is 2. The molecule has 0 fully saturated rings. The molecule has 0 unspecified atom stereocenters. The van der Waals surface area contributed by atoms with Crippen LogP contribution in [0.1, 0.15) is 16.8 Å². The van der Waals surface area contributed by atoms with Gasteiger partial charge in [0.05, 0.1) is 34.7 Å². The van der Waals surface area contributed by atoms with Crippen LogP contribution in [0.5, 0.6) is 0 Å². The predicted octanol–water partition coefficient (Wildman–Crippen LogP) is 6.22. The van der Waals surface area contributed by atoms with Gasteiger partial charge in [-0.3, -0.25) is 19.5 Å². The van der Waals surface area contributed by atoms with Crippen LogP contribution in [0.25, 0.3) is 39.1 Å². The summed E-state index contributed by atoms with van der Waals surface area (Å²) in [5, 5.41) is 1.79. The van der Waals surface area contributed by atoms with Crippen LogP contribution in [0.2, 0.25) is 0 Å². The van der Waals surface area contributed by atoms with Crippen LogP contribution in [0.3, 0.4) is 0 Å². The van der Waals surface area contributed by atoms with Crippen molar-refractivity contribution in [3.8, 4) is 11.3 Å². The third-order valence-electron chi connectivity index (χ3n) is 6.52. The Morgan fingerprint density at radius 1 is 0.795 bits per heavy atom. The molecule has 0 bridgehead atoms. The number of allylic oxidation sites excluding steroid dienone is 4. The van der Waals surface area contributed by atoms with Gasteiger partial charge in [0.2, 0.25) is 0 Å². The van der Waals surface area contributed by atoms with E-state index >= 15 is 0 Å². The Balaban J connectivity index is 1.53. The predicted molar refractivity (Wildman–Crippen MR) is 154 cm³/mol. The van der Waals surface area contributed by atoms with Crippen molar-refractivity contribution in [3.05, 3.63) is 126 Å². The summed E-state index contributed by atoms with van der Waals surface area (Å²) in [7, 11) is -4.54. The molecule has 0 radical (unpaired) electrons. The van der Waals surface area contributed by atoms with E-state index in [0.29, 0.717) is 34.5 Å². The molecule has 39 heavy (non-hydrogen) atoms. The Morgan fingerprint density at radius 3 is 2.38 bits per heavy atom. The average Bonchev–Trinajstić information content (AvgIpc) is 2.95. The van der Waals surface area contributed by atoms with Crippen LogP contribution in [0.15, 0.2) is 119 Å². The molecule has 5 aromatic rings. The Morgan fingerprint density at radius 2 is 1.54 bits per heavy atom. The molecule has 6 rings (SSSR count). The monoisotopic (exact) mass is 530 g/mol. The second kappa shape index (κ2) is 9.83. The van der Waals surface area contributed by atoms with Gasteiger partial charge in [-0.2, -0.15) is 8.42 Å². The van der Waals surface area contributed by atoms with Gasteiger partial charge in [0.1, 0.15) is 4.90 Å². The maximum atomic E-state index is 12.4. The molecule has 0 spiro atoms. The number of fused-ring (bicyclic) bond motifs is 4. The first-order valence-corrected chi connectivity index (χ1v) is 13.6. The van der Waals surface area contributed by atoms with Crippen molar-refractivity contribution >= 4 is 43.7 Å². The number of aliphatic imine (C=N–C) groups is 1. The molecule has 2 aromatic carbocycles. The summed E-state index contributed by atoms with van der Waals surface area (Å²) in [5.74, 6) is 0. The standard InChI is InChI=1S/C31H22N4O3S/c1-20-6-8-21-4-2-16-32-28(21)19-34-26(13-7-20)24-12-15-29(39(36,37)38)25(18-24)27-14-11-23-10-9-22-5-3-17-33-30(22)31(23)35-27/h2-18H,1,19H2,(H,36,37,38)/b8-6-,13-7-,34-26+. The normalized spacial score (nSPS) is 16.8. The van der Waals surface area contributed by atoms with Gasteiger partial charge < -0.3 is 0 Å². The van der Waals surface area contributed by atoms with E-state index in [1.165, 1.54) is 6.07 Å². The smallest absolute Gasteiger partial charge is 0.282 e. The fraction of sp³-hybridized carbons (Fsp3) is 0.0323. The Hall–Kier alpha value is -4.79. The summed E-state index contributed by atoms with van der Waals surface area (Å²) in [4.78, 5) is 18.3. The molecule has 8 heteroatoms. The minimum Gasteiger partial charge on any atom is -0.282 e. The summed E-state index contributed by atoms with van der Waals surface area (Å²) in [6, 6.07) is 19.8. The van der Waals surface area contributed by atoms with E-state index in [1.807, 2.05) is 66.8 Å². The SMILES string of the molecule is C=C1/C=C\C(c2ccc(S(=O)(=O)O)c(-c3ccc4ccc5cccnc5c4n3)c2)=N/Cc2ncccc2/C=C\1. The Labute approximate surface area is 225 Å². The van der Waals surface area contributed by atoms with Crippen molar-refractivity contribution in [1.82, 2.24) is 15.0 Å². The molecule has 1 aliphatic heterocycles. The summed E-state index contributed by atoms with van der Waals surface area (Å²) in [6.07, 6.45) is 11.0. The molecular weight excluding hydrogens is 508 g/mol. The molecule has 0 saturated heterocycles. The molecule has 0 aliphatic carbocycles. The van der Waals surface area contributed by atoms with Crippen molar-refractivity contribution in [2.75, 3.05) is 0 Å². The van der Waals surface area contributed by atoms with E-state index in [4.69, 9.17) is 9.98 Å². The van der Waals surface area contributed by atoms with Crippen molar-refractivity contribution in [1.29, 1.82) is 0 Å². The van der Waals surface area contributed by atoms with Gasteiger partial charge >= 0.3 is 0 Å². The molecule has 0 atom stereocenters. The lowest BCUT2D eigenvalue weighted by molar-refractivity contribution is 0.483. The highest BCUT2D eigenvalue weighted by molar-refractivity contribution is 7.86. The fourth-order valence-corrected chi connectivity index (χ4v) is 5.24. The largest absolute Gasteiger partial charge is 0.295 e. The lowest BCUT2D eigenvalue weighted by Gasteiger charge is -2.12. The molecular formula is C31H22N4O3S. The zero-order valence-corrected chi connectivity index (χ0v) is 21.5. The van der Waals surface area contributed by atoms with Gasteiger partial charge in [-0.25, -0.2) is 4.98 Å². The number of hydrogen-bond acceptors (Lipinski definition) is 6. The topological polar surface area (TPSA) is 105 Å². The molecule has 3 aromatic heterocycles. The fourth-order valence-electron chi connectivity index (χ4n) is 4.56. The number of pyridine rings is 3. The first-order valence-electron chi connectivity index (χ1n) is 12.2. The van der Waals surface area contributed by atoms with Crippen molar-refractivity contribution in [3.63, 3.8) is 0 Å². The van der Waals surface area contributed by atoms with Gasteiger partial charge in [0.25, 0.3) is 10.1 Å². The van der Waals surface area contributed by atoms with Crippen LogP contribution in [-0.4, -0.2) is 33.6 Å². The summed E-state index contributed by atoms with van der Waals surface area (Å²) in [5.41, 5.74) is 5.78. The second-order valence-electron chi connectivity index (χ2n) is 9.08. The third kappa shape index (κ3) is 4.90. The molecule has 4 heterocycles. The third-order valence-corrected chi connectivity index (χ3v) is 7.43. The minimum atomic E-state index is -4.54. The average molecular weight is 531 g/mol. The van der Waals surface area contributed by atoms with Crippen molar-refractivity contribution < 1.29 is 13.0 Å². The maximum Gasteiger partial charge on any atom is 0.295 e. The first kappa shape index (κ1) is 24.5. The first-order chi connectivity index (χ1) is 18.9. The van der Waals surface area contributed by atoms with Gasteiger partial charge in [0, 0.05) is 34.3 Å². The van der Waals surface area contributed by atoms with Crippen LogP contribution >= 0.6 is 0 Å². The van der Waals surface area contributed by atoms with E-state index < -0.39 is 10.1 Å². The van der Waals surface area contributed by atoms with Gasteiger partial charge in [-0.05, 0) is 47.5 Å². The number of nitrogens with zero attached hydrogens (tertiary/aromatic N) is 4. The van der Waals surface area contributed by atoms with Gasteiger partial charge in [-0.15, -0.1) is 0 Å². The lowest BCUT2D eigenvalue weighted by Crippen LogP contribution is -2.06. The maximum absolute atomic E-state index is 12.4. The van der Waals surface area contributed by atoms with Gasteiger partial charge in [0.15, 0.2) is 0 Å². The number of aromatic nitrogens is 3. The Kier molecular flexibility index (Phi) is 6.18. The number of rotatable bonds is 3. The van der Waals surface area contributed by atoms with E-state index in [2.05, 4.69) is 16.5 Å². The van der Waals surface area contributed by atoms with E-state index in [1.54, 1.807) is 30.6 Å². The zero-order chi connectivity index (χ0) is 27.0. The van der Waals surface area contributed by atoms with Crippen molar-refractivity contribution in [2.24, 2.45) is 4.99 Å². The van der Waals surface area contributed by atoms with Crippen LogP contribution in [0.4, 0.5) is 0 Å². The highest BCUT2D eigenvalue weighted by Crippen LogP contribution is 2.31. The van der Waals surface area contributed by atoms with Crippen molar-refractivity contribution in [2.45, 2.75) is 11.4 Å². The highest BCUT2D eigenvalue weighted by Gasteiger charge is 2.20. The lowest BCUT2D eigenvalue weighted by atomic mass is 10.0.